The second kappa shape index (κ2) is 6.53. The van der Waals surface area contributed by atoms with Crippen molar-refractivity contribution < 1.29 is 4.79 Å². The molecule has 2 heterocycles. The number of rotatable bonds is 3. The van der Waals surface area contributed by atoms with Crippen LogP contribution in [0.1, 0.15) is 35.2 Å². The van der Waals surface area contributed by atoms with Gasteiger partial charge in [0.1, 0.15) is 0 Å². The van der Waals surface area contributed by atoms with Gasteiger partial charge in [-0.05, 0) is 43.4 Å². The van der Waals surface area contributed by atoms with Gasteiger partial charge in [-0.1, -0.05) is 30.3 Å². The molecule has 1 aromatic heterocycles. The molecule has 0 aliphatic carbocycles. The molecule has 0 bridgehead atoms. The number of hydrogen-bond donors (Lipinski definition) is 0. The fraction of sp³-hybridized carbons (Fsp3) is 0.333. The summed E-state index contributed by atoms with van der Waals surface area (Å²) in [7, 11) is 0. The summed E-state index contributed by atoms with van der Waals surface area (Å²) in [6.07, 6.45) is 7.68. The van der Waals surface area contributed by atoms with E-state index < -0.39 is 0 Å². The average Bonchev–Trinajstić information content (AvgIpc) is 2.56. The van der Waals surface area contributed by atoms with Crippen molar-refractivity contribution in [2.45, 2.75) is 31.7 Å². The third kappa shape index (κ3) is 3.30. The quantitative estimate of drug-likeness (QED) is 0.864. The number of likely N-dealkylation sites (tertiary alicyclic amines) is 1. The second-order valence-corrected chi connectivity index (χ2v) is 5.58. The zero-order valence-corrected chi connectivity index (χ0v) is 12.1. The summed E-state index contributed by atoms with van der Waals surface area (Å²) in [5.41, 5.74) is 1.99. The van der Waals surface area contributed by atoms with Gasteiger partial charge in [-0.3, -0.25) is 9.78 Å². The minimum Gasteiger partial charge on any atom is -0.335 e. The van der Waals surface area contributed by atoms with Crippen LogP contribution in [-0.4, -0.2) is 28.4 Å². The van der Waals surface area contributed by atoms with Crippen LogP contribution in [0, 0.1) is 0 Å². The van der Waals surface area contributed by atoms with Crippen LogP contribution in [0.2, 0.25) is 0 Å². The van der Waals surface area contributed by atoms with Crippen molar-refractivity contribution in [3.63, 3.8) is 0 Å². The summed E-state index contributed by atoms with van der Waals surface area (Å²) in [6.45, 7) is 0.852. The number of amides is 1. The SMILES string of the molecule is O=C(c1cccnc1)N1CCCC[C@H]1Cc1ccccc1. The third-order valence-electron chi connectivity index (χ3n) is 4.11. The number of aromatic nitrogens is 1. The first-order chi connectivity index (χ1) is 10.3. The summed E-state index contributed by atoms with van der Waals surface area (Å²) in [5.74, 6) is 0.115. The number of carbonyl (C=O) groups is 1. The van der Waals surface area contributed by atoms with Gasteiger partial charge in [0.25, 0.3) is 5.91 Å². The van der Waals surface area contributed by atoms with Gasteiger partial charge in [-0.25, -0.2) is 0 Å². The Morgan fingerprint density at radius 1 is 1.14 bits per heavy atom. The Morgan fingerprint density at radius 2 is 2.00 bits per heavy atom. The summed E-state index contributed by atoms with van der Waals surface area (Å²) in [4.78, 5) is 18.8. The molecular formula is C18H20N2O. The van der Waals surface area contributed by atoms with E-state index in [-0.39, 0.29) is 5.91 Å². The molecule has 21 heavy (non-hydrogen) atoms. The number of nitrogens with zero attached hydrogens (tertiary/aromatic N) is 2. The number of benzene rings is 1. The molecule has 0 spiro atoms. The van der Waals surface area contributed by atoms with E-state index in [1.807, 2.05) is 23.1 Å². The Kier molecular flexibility index (Phi) is 4.29. The zero-order valence-electron chi connectivity index (χ0n) is 12.1. The molecule has 0 radical (unpaired) electrons. The highest BCUT2D eigenvalue weighted by Gasteiger charge is 2.27. The second-order valence-electron chi connectivity index (χ2n) is 5.58. The molecule has 3 nitrogen and oxygen atoms in total. The lowest BCUT2D eigenvalue weighted by atomic mass is 9.95. The Hall–Kier alpha value is -2.16. The van der Waals surface area contributed by atoms with Crippen LogP contribution in [0.15, 0.2) is 54.9 Å². The van der Waals surface area contributed by atoms with Crippen molar-refractivity contribution in [2.75, 3.05) is 6.54 Å². The fourth-order valence-corrected chi connectivity index (χ4v) is 3.02. The van der Waals surface area contributed by atoms with Gasteiger partial charge in [0, 0.05) is 25.0 Å². The van der Waals surface area contributed by atoms with Gasteiger partial charge >= 0.3 is 0 Å². The molecule has 108 valence electrons. The van der Waals surface area contributed by atoms with Crippen molar-refractivity contribution in [1.82, 2.24) is 9.88 Å². The summed E-state index contributed by atoms with van der Waals surface area (Å²) < 4.78 is 0. The maximum absolute atomic E-state index is 12.7. The first kappa shape index (κ1) is 13.8. The van der Waals surface area contributed by atoms with E-state index in [1.165, 1.54) is 12.0 Å². The molecule has 0 saturated carbocycles. The minimum absolute atomic E-state index is 0.115. The van der Waals surface area contributed by atoms with Crippen molar-refractivity contribution in [2.24, 2.45) is 0 Å². The molecule has 1 aliphatic heterocycles. The fourth-order valence-electron chi connectivity index (χ4n) is 3.02. The van der Waals surface area contributed by atoms with Crippen molar-refractivity contribution >= 4 is 5.91 Å². The molecule has 3 heteroatoms. The zero-order chi connectivity index (χ0) is 14.5. The largest absolute Gasteiger partial charge is 0.335 e. The molecule has 2 aromatic rings. The van der Waals surface area contributed by atoms with Gasteiger partial charge in [0.15, 0.2) is 0 Å². The van der Waals surface area contributed by atoms with E-state index in [1.54, 1.807) is 12.4 Å². The lowest BCUT2D eigenvalue weighted by Gasteiger charge is -2.36. The molecule has 1 aliphatic rings. The molecule has 1 saturated heterocycles. The topological polar surface area (TPSA) is 33.2 Å². The van der Waals surface area contributed by atoms with E-state index in [0.29, 0.717) is 11.6 Å². The van der Waals surface area contributed by atoms with Crippen LogP contribution in [0.4, 0.5) is 0 Å². The highest BCUT2D eigenvalue weighted by atomic mass is 16.2. The molecule has 1 fully saturated rings. The monoisotopic (exact) mass is 280 g/mol. The van der Waals surface area contributed by atoms with Crippen LogP contribution < -0.4 is 0 Å². The first-order valence-electron chi connectivity index (χ1n) is 7.59. The highest BCUT2D eigenvalue weighted by Crippen LogP contribution is 2.22. The molecular weight excluding hydrogens is 260 g/mol. The van der Waals surface area contributed by atoms with E-state index in [0.717, 1.165) is 25.8 Å². The van der Waals surface area contributed by atoms with Crippen LogP contribution in [0.3, 0.4) is 0 Å². The minimum atomic E-state index is 0.115. The number of pyridine rings is 1. The normalized spacial score (nSPS) is 18.5. The molecule has 1 aromatic carbocycles. The summed E-state index contributed by atoms with van der Waals surface area (Å²) in [5, 5.41) is 0. The summed E-state index contributed by atoms with van der Waals surface area (Å²) >= 11 is 0. The first-order valence-corrected chi connectivity index (χ1v) is 7.59. The molecule has 0 N–H and O–H groups in total. The molecule has 1 amide bonds. The van der Waals surface area contributed by atoms with E-state index in [2.05, 4.69) is 29.2 Å². The van der Waals surface area contributed by atoms with Gasteiger partial charge in [0.05, 0.1) is 5.56 Å². The predicted molar refractivity (Wildman–Crippen MR) is 83.1 cm³/mol. The van der Waals surface area contributed by atoms with Gasteiger partial charge in [-0.2, -0.15) is 0 Å². The predicted octanol–water partition coefficient (Wildman–Crippen LogP) is 3.32. The highest BCUT2D eigenvalue weighted by molar-refractivity contribution is 5.94. The lowest BCUT2D eigenvalue weighted by molar-refractivity contribution is 0.0613. The standard InChI is InChI=1S/C18H20N2O/c21-18(16-9-6-11-19-14-16)20-12-5-4-10-17(20)13-15-7-2-1-3-8-15/h1-3,6-9,11,14,17H,4-5,10,12-13H2/t17-/m0/s1. The van der Waals surface area contributed by atoms with Crippen LogP contribution in [0.5, 0.6) is 0 Å². The maximum atomic E-state index is 12.7. The maximum Gasteiger partial charge on any atom is 0.255 e. The van der Waals surface area contributed by atoms with Crippen LogP contribution >= 0.6 is 0 Å². The van der Waals surface area contributed by atoms with E-state index in [9.17, 15) is 4.79 Å². The van der Waals surface area contributed by atoms with Gasteiger partial charge in [-0.15, -0.1) is 0 Å². The van der Waals surface area contributed by atoms with E-state index >= 15 is 0 Å². The molecule has 1 atom stereocenters. The third-order valence-corrected chi connectivity index (χ3v) is 4.11. The Labute approximate surface area is 125 Å². The summed E-state index contributed by atoms with van der Waals surface area (Å²) in [6, 6.07) is 14.4. The van der Waals surface area contributed by atoms with Crippen molar-refractivity contribution in [1.29, 1.82) is 0 Å². The van der Waals surface area contributed by atoms with Crippen LogP contribution in [0.25, 0.3) is 0 Å². The van der Waals surface area contributed by atoms with Crippen LogP contribution in [-0.2, 0) is 6.42 Å². The number of piperidine rings is 1. The Morgan fingerprint density at radius 3 is 2.76 bits per heavy atom. The lowest BCUT2D eigenvalue weighted by Crippen LogP contribution is -2.44. The number of carbonyl (C=O) groups excluding carboxylic acids is 1. The van der Waals surface area contributed by atoms with Crippen molar-refractivity contribution in [3.8, 4) is 0 Å². The molecule has 3 rings (SSSR count). The van der Waals surface area contributed by atoms with Crippen molar-refractivity contribution in [3.05, 3.63) is 66.0 Å². The van der Waals surface area contributed by atoms with Gasteiger partial charge < -0.3 is 4.90 Å². The number of hydrogen-bond acceptors (Lipinski definition) is 2. The average molecular weight is 280 g/mol. The Bertz CT molecular complexity index is 583. The Balaban J connectivity index is 1.77. The smallest absolute Gasteiger partial charge is 0.255 e. The molecule has 0 unspecified atom stereocenters. The van der Waals surface area contributed by atoms with Gasteiger partial charge in [0.2, 0.25) is 0 Å². The van der Waals surface area contributed by atoms with E-state index in [4.69, 9.17) is 0 Å².